The normalized spacial score (nSPS) is 20.4. The highest BCUT2D eigenvalue weighted by atomic mass is 19.2. The summed E-state index contributed by atoms with van der Waals surface area (Å²) in [5.74, 6) is -2.45. The lowest BCUT2D eigenvalue weighted by molar-refractivity contribution is 0.328. The summed E-state index contributed by atoms with van der Waals surface area (Å²) < 4.78 is 52.5. The quantitative estimate of drug-likeness (QED) is 0.638. The second kappa shape index (κ2) is 4.12. The Kier molecular flexibility index (Phi) is 2.81. The van der Waals surface area contributed by atoms with Crippen molar-refractivity contribution in [3.8, 4) is 0 Å². The molecule has 0 spiro atoms. The number of allylic oxidation sites excluding steroid dienone is 4. The van der Waals surface area contributed by atoms with E-state index in [1.165, 1.54) is 12.1 Å². The number of benzene rings is 1. The van der Waals surface area contributed by atoms with Crippen molar-refractivity contribution in [3.63, 3.8) is 0 Å². The van der Waals surface area contributed by atoms with E-state index in [4.69, 9.17) is 0 Å². The van der Waals surface area contributed by atoms with Crippen molar-refractivity contribution in [3.05, 3.63) is 53.4 Å². The van der Waals surface area contributed by atoms with Crippen LogP contribution in [0.15, 0.2) is 36.2 Å². The van der Waals surface area contributed by atoms with Gasteiger partial charge in [-0.1, -0.05) is 12.1 Å². The molecular weight excluding hydrogens is 220 g/mol. The van der Waals surface area contributed by atoms with Crippen LogP contribution in [-0.4, -0.2) is 6.17 Å². The fourth-order valence-electron chi connectivity index (χ4n) is 1.63. The van der Waals surface area contributed by atoms with Gasteiger partial charge in [-0.15, -0.1) is 0 Å². The first kappa shape index (κ1) is 10.9. The Morgan fingerprint density at radius 1 is 1.00 bits per heavy atom. The predicted octanol–water partition coefficient (Wildman–Crippen LogP) is 3.94. The Hall–Kier alpha value is -1.58. The van der Waals surface area contributed by atoms with Gasteiger partial charge in [0.25, 0.3) is 0 Å². The highest BCUT2D eigenvalue weighted by molar-refractivity contribution is 5.70. The van der Waals surface area contributed by atoms with E-state index in [0.29, 0.717) is 0 Å². The number of halogens is 4. The van der Waals surface area contributed by atoms with Gasteiger partial charge >= 0.3 is 0 Å². The van der Waals surface area contributed by atoms with Gasteiger partial charge in [0.1, 0.15) is 17.5 Å². The minimum Gasteiger partial charge on any atom is -0.239 e. The maximum Gasteiger partial charge on any atom is 0.155 e. The van der Waals surface area contributed by atoms with E-state index >= 15 is 0 Å². The lowest BCUT2D eigenvalue weighted by Gasteiger charge is -2.15. The van der Waals surface area contributed by atoms with E-state index in [1.807, 2.05) is 0 Å². The lowest BCUT2D eigenvalue weighted by Crippen LogP contribution is -2.08. The molecule has 2 rings (SSSR count). The standard InChI is InChI=1S/C12H8F4/c13-8-5-4-7(6-11(8)16)12-9(14)2-1-3-10(12)15/h1-5,11H,6H2. The summed E-state index contributed by atoms with van der Waals surface area (Å²) in [6, 6.07) is 3.39. The molecule has 4 heteroatoms. The molecule has 0 saturated carbocycles. The number of alkyl halides is 1. The van der Waals surface area contributed by atoms with E-state index in [2.05, 4.69) is 0 Å². The number of rotatable bonds is 1. The summed E-state index contributed by atoms with van der Waals surface area (Å²) >= 11 is 0. The molecule has 0 aliphatic heterocycles. The molecule has 0 aromatic heterocycles. The van der Waals surface area contributed by atoms with Gasteiger partial charge in [-0.2, -0.15) is 0 Å². The van der Waals surface area contributed by atoms with Crippen molar-refractivity contribution in [2.45, 2.75) is 12.6 Å². The van der Waals surface area contributed by atoms with Crippen molar-refractivity contribution in [2.24, 2.45) is 0 Å². The minimum atomic E-state index is -1.82. The molecule has 1 aliphatic carbocycles. The molecule has 0 nitrogen and oxygen atoms in total. The van der Waals surface area contributed by atoms with Crippen LogP contribution in [0.1, 0.15) is 12.0 Å². The molecule has 1 atom stereocenters. The summed E-state index contributed by atoms with van der Waals surface area (Å²) in [6.07, 6.45) is -0.0679. The fourth-order valence-corrected chi connectivity index (χ4v) is 1.63. The lowest BCUT2D eigenvalue weighted by atomic mass is 9.95. The molecule has 0 N–H and O–H groups in total. The summed E-state index contributed by atoms with van der Waals surface area (Å²) in [6.45, 7) is 0. The maximum atomic E-state index is 13.3. The molecule has 0 amide bonds. The number of hydrogen-bond acceptors (Lipinski definition) is 0. The minimum absolute atomic E-state index is 0.129. The molecule has 1 unspecified atom stereocenters. The van der Waals surface area contributed by atoms with Crippen LogP contribution in [0.3, 0.4) is 0 Å². The van der Waals surface area contributed by atoms with Crippen molar-refractivity contribution < 1.29 is 17.6 Å². The SMILES string of the molecule is FC1=CC=C(c2c(F)cccc2F)CC1F. The first-order chi connectivity index (χ1) is 7.59. The van der Waals surface area contributed by atoms with Gasteiger partial charge in [-0.05, 0) is 23.8 Å². The molecule has 0 fully saturated rings. The average molecular weight is 228 g/mol. The Morgan fingerprint density at radius 2 is 1.62 bits per heavy atom. The Labute approximate surface area is 89.9 Å². The van der Waals surface area contributed by atoms with Crippen LogP contribution in [0.2, 0.25) is 0 Å². The molecular formula is C12H8F4. The maximum absolute atomic E-state index is 13.3. The molecule has 0 radical (unpaired) electrons. The van der Waals surface area contributed by atoms with Gasteiger partial charge in [0, 0.05) is 12.0 Å². The highest BCUT2D eigenvalue weighted by Gasteiger charge is 2.22. The van der Waals surface area contributed by atoms with Gasteiger partial charge < -0.3 is 0 Å². The van der Waals surface area contributed by atoms with Crippen LogP contribution >= 0.6 is 0 Å². The molecule has 84 valence electrons. The smallest absolute Gasteiger partial charge is 0.155 e. The summed E-state index contributed by atoms with van der Waals surface area (Å²) in [4.78, 5) is 0. The Balaban J connectivity index is 2.47. The number of hydrogen-bond donors (Lipinski definition) is 0. The van der Waals surface area contributed by atoms with Crippen molar-refractivity contribution in [1.82, 2.24) is 0 Å². The average Bonchev–Trinajstić information content (AvgIpc) is 2.23. The van der Waals surface area contributed by atoms with Crippen LogP contribution in [0.5, 0.6) is 0 Å². The summed E-state index contributed by atoms with van der Waals surface area (Å²) in [5, 5.41) is 0. The topological polar surface area (TPSA) is 0 Å². The molecule has 0 heterocycles. The van der Waals surface area contributed by atoms with Crippen LogP contribution in [0.4, 0.5) is 17.6 Å². The third-order valence-electron chi connectivity index (χ3n) is 2.43. The molecule has 0 saturated heterocycles. The third-order valence-corrected chi connectivity index (χ3v) is 2.43. The van der Waals surface area contributed by atoms with E-state index in [1.54, 1.807) is 0 Å². The van der Waals surface area contributed by atoms with Gasteiger partial charge in [0.05, 0.1) is 0 Å². The van der Waals surface area contributed by atoms with Crippen LogP contribution < -0.4 is 0 Å². The van der Waals surface area contributed by atoms with Crippen LogP contribution in [0, 0.1) is 11.6 Å². The van der Waals surface area contributed by atoms with Gasteiger partial charge in [-0.3, -0.25) is 0 Å². The summed E-state index contributed by atoms with van der Waals surface area (Å²) in [7, 11) is 0. The Bertz CT molecular complexity index is 454. The van der Waals surface area contributed by atoms with Crippen LogP contribution in [0.25, 0.3) is 5.57 Å². The monoisotopic (exact) mass is 228 g/mol. The fraction of sp³-hybridized carbons (Fsp3) is 0.167. The third kappa shape index (κ3) is 1.87. The summed E-state index contributed by atoms with van der Waals surface area (Å²) in [5.41, 5.74) is -0.154. The Morgan fingerprint density at radius 3 is 2.19 bits per heavy atom. The van der Waals surface area contributed by atoms with E-state index in [9.17, 15) is 17.6 Å². The molecule has 1 aromatic rings. The second-order valence-corrected chi connectivity index (χ2v) is 3.51. The molecule has 1 aliphatic rings. The van der Waals surface area contributed by atoms with Crippen LogP contribution in [-0.2, 0) is 0 Å². The first-order valence-electron chi connectivity index (χ1n) is 4.74. The van der Waals surface area contributed by atoms with Gasteiger partial charge in [0.15, 0.2) is 6.17 Å². The first-order valence-corrected chi connectivity index (χ1v) is 4.74. The highest BCUT2D eigenvalue weighted by Crippen LogP contribution is 2.32. The second-order valence-electron chi connectivity index (χ2n) is 3.51. The van der Waals surface area contributed by atoms with E-state index < -0.39 is 23.6 Å². The zero-order valence-corrected chi connectivity index (χ0v) is 8.18. The van der Waals surface area contributed by atoms with Crippen molar-refractivity contribution in [1.29, 1.82) is 0 Å². The molecule has 0 bridgehead atoms. The van der Waals surface area contributed by atoms with Crippen molar-refractivity contribution >= 4 is 5.57 Å². The molecule has 16 heavy (non-hydrogen) atoms. The van der Waals surface area contributed by atoms with Gasteiger partial charge in [-0.25, -0.2) is 17.6 Å². The predicted molar refractivity (Wildman–Crippen MR) is 53.0 cm³/mol. The largest absolute Gasteiger partial charge is 0.239 e. The van der Waals surface area contributed by atoms with E-state index in [0.717, 1.165) is 18.2 Å². The van der Waals surface area contributed by atoms with Gasteiger partial charge in [0.2, 0.25) is 0 Å². The zero-order chi connectivity index (χ0) is 11.7. The van der Waals surface area contributed by atoms with E-state index in [-0.39, 0.29) is 17.6 Å². The molecule has 1 aromatic carbocycles. The zero-order valence-electron chi connectivity index (χ0n) is 8.18. The van der Waals surface area contributed by atoms with Crippen molar-refractivity contribution in [2.75, 3.05) is 0 Å².